The molecule has 170 valence electrons. The third kappa shape index (κ3) is 3.57. The normalized spacial score (nSPS) is 18.1. The van der Waals surface area contributed by atoms with Crippen LogP contribution in [0.15, 0.2) is 75.8 Å². The number of carbonyl (C=O) groups is 3. The quantitative estimate of drug-likeness (QED) is 0.405. The Morgan fingerprint density at radius 3 is 2.53 bits per heavy atom. The summed E-state index contributed by atoms with van der Waals surface area (Å²) in [6, 6.07) is 17.1. The van der Waals surface area contributed by atoms with Gasteiger partial charge in [0.25, 0.3) is 5.91 Å². The van der Waals surface area contributed by atoms with Crippen LogP contribution in [0.3, 0.4) is 0 Å². The van der Waals surface area contributed by atoms with Crippen molar-refractivity contribution in [1.82, 2.24) is 9.88 Å². The molecule has 1 saturated carbocycles. The number of hydrogen-bond donors (Lipinski definition) is 0. The Kier molecular flexibility index (Phi) is 4.79. The van der Waals surface area contributed by atoms with E-state index < -0.39 is 11.9 Å². The molecule has 1 atom stereocenters. The first-order chi connectivity index (χ1) is 16.6. The number of oxazole rings is 1. The van der Waals surface area contributed by atoms with E-state index in [0.29, 0.717) is 22.9 Å². The van der Waals surface area contributed by atoms with Crippen LogP contribution in [0, 0.1) is 5.92 Å². The molecule has 0 N–H and O–H groups in total. The second kappa shape index (κ2) is 7.98. The highest BCUT2D eigenvalue weighted by molar-refractivity contribution is 6.23. The molecule has 6 rings (SSSR count). The van der Waals surface area contributed by atoms with E-state index in [1.54, 1.807) is 36.4 Å². The minimum atomic E-state index is -0.845. The summed E-state index contributed by atoms with van der Waals surface area (Å²) in [4.78, 5) is 46.4. The van der Waals surface area contributed by atoms with Crippen molar-refractivity contribution in [3.05, 3.63) is 72.7 Å². The van der Waals surface area contributed by atoms with Gasteiger partial charge >= 0.3 is 0 Å². The smallest absolute Gasteiger partial charge is 0.257 e. The van der Waals surface area contributed by atoms with Gasteiger partial charge in [-0.1, -0.05) is 12.1 Å². The van der Waals surface area contributed by atoms with Gasteiger partial charge in [-0.05, 0) is 61.4 Å². The van der Waals surface area contributed by atoms with Crippen molar-refractivity contribution in [2.45, 2.75) is 31.8 Å². The van der Waals surface area contributed by atoms with Crippen molar-refractivity contribution >= 4 is 34.5 Å². The number of benzene rings is 2. The molecule has 2 aliphatic rings. The monoisotopic (exact) mass is 455 g/mol. The third-order valence-electron chi connectivity index (χ3n) is 6.28. The number of furan rings is 1. The van der Waals surface area contributed by atoms with Gasteiger partial charge < -0.3 is 13.7 Å². The summed E-state index contributed by atoms with van der Waals surface area (Å²) in [5, 5.41) is 0. The number of rotatable bonds is 6. The van der Waals surface area contributed by atoms with Gasteiger partial charge in [-0.3, -0.25) is 14.4 Å². The fourth-order valence-electron chi connectivity index (χ4n) is 4.36. The van der Waals surface area contributed by atoms with E-state index in [4.69, 9.17) is 8.83 Å². The summed E-state index contributed by atoms with van der Waals surface area (Å²) >= 11 is 0. The van der Waals surface area contributed by atoms with Crippen LogP contribution in [0.1, 0.15) is 25.0 Å². The summed E-state index contributed by atoms with van der Waals surface area (Å²) in [5.74, 6) is 0.121. The molecular formula is C26H21N3O5. The number of fused-ring (bicyclic) bond motifs is 1. The van der Waals surface area contributed by atoms with Crippen LogP contribution in [0.4, 0.5) is 5.69 Å². The molecule has 8 heteroatoms. The molecule has 1 saturated heterocycles. The molecule has 34 heavy (non-hydrogen) atoms. The first-order valence-electron chi connectivity index (χ1n) is 11.2. The predicted molar refractivity (Wildman–Crippen MR) is 122 cm³/mol. The third-order valence-corrected chi connectivity index (χ3v) is 6.28. The molecule has 3 heterocycles. The van der Waals surface area contributed by atoms with E-state index in [-0.39, 0.29) is 30.7 Å². The first-order valence-corrected chi connectivity index (χ1v) is 11.2. The van der Waals surface area contributed by atoms with Gasteiger partial charge in [-0.25, -0.2) is 9.88 Å². The Balaban J connectivity index is 1.25. The Morgan fingerprint density at radius 1 is 1.03 bits per heavy atom. The lowest BCUT2D eigenvalue weighted by molar-refractivity contribution is -0.140. The van der Waals surface area contributed by atoms with E-state index in [0.717, 1.165) is 28.8 Å². The highest BCUT2D eigenvalue weighted by Crippen LogP contribution is 2.35. The summed E-state index contributed by atoms with van der Waals surface area (Å²) in [5.41, 5.74) is 2.63. The Morgan fingerprint density at radius 2 is 1.82 bits per heavy atom. The number of nitrogens with zero attached hydrogens (tertiary/aromatic N) is 3. The number of amides is 3. The molecule has 8 nitrogen and oxygen atoms in total. The molecule has 0 radical (unpaired) electrons. The predicted octanol–water partition coefficient (Wildman–Crippen LogP) is 4.16. The van der Waals surface area contributed by atoms with Crippen molar-refractivity contribution in [2.75, 3.05) is 4.90 Å². The molecule has 4 aromatic rings. The largest absolute Gasteiger partial charge is 0.467 e. The minimum absolute atomic E-state index is 0.0507. The van der Waals surface area contributed by atoms with Gasteiger partial charge in [-0.15, -0.1) is 0 Å². The number of para-hydroxylation sites is 2. The molecular weight excluding hydrogens is 434 g/mol. The summed E-state index contributed by atoms with van der Waals surface area (Å²) in [7, 11) is 0. The second-order valence-corrected chi connectivity index (χ2v) is 8.64. The molecule has 0 bridgehead atoms. The maximum Gasteiger partial charge on any atom is 0.257 e. The van der Waals surface area contributed by atoms with Gasteiger partial charge in [0.2, 0.25) is 17.7 Å². The average Bonchev–Trinajstić information content (AvgIpc) is 3.27. The highest BCUT2D eigenvalue weighted by Gasteiger charge is 2.47. The average molecular weight is 455 g/mol. The van der Waals surface area contributed by atoms with E-state index in [9.17, 15) is 14.4 Å². The van der Waals surface area contributed by atoms with E-state index in [2.05, 4.69) is 4.98 Å². The van der Waals surface area contributed by atoms with E-state index in [1.165, 1.54) is 11.2 Å². The van der Waals surface area contributed by atoms with Gasteiger partial charge in [0.05, 0.1) is 24.9 Å². The van der Waals surface area contributed by atoms with Crippen LogP contribution >= 0.6 is 0 Å². The standard InChI is InChI=1S/C26H21N3O5/c30-23-14-21(28(25(31)17-7-8-17)15-19-4-3-13-33-19)26(32)29(23)18-11-9-16(10-12-18)24-27-20-5-1-2-6-22(20)34-24/h1-6,9-13,17,21H,7-8,14-15H2. The van der Waals surface area contributed by atoms with Crippen LogP contribution < -0.4 is 4.90 Å². The fourth-order valence-corrected chi connectivity index (χ4v) is 4.36. The number of anilines is 1. The second-order valence-electron chi connectivity index (χ2n) is 8.64. The first kappa shape index (κ1) is 20.4. The van der Waals surface area contributed by atoms with Crippen LogP contribution in [0.25, 0.3) is 22.6 Å². The number of hydrogen-bond acceptors (Lipinski definition) is 6. The SMILES string of the molecule is O=C1CC(N(Cc2ccco2)C(=O)C2CC2)C(=O)N1c1ccc(-c2nc3ccccc3o2)cc1. The van der Waals surface area contributed by atoms with E-state index >= 15 is 0 Å². The van der Waals surface area contributed by atoms with Gasteiger partial charge in [0, 0.05) is 11.5 Å². The summed E-state index contributed by atoms with van der Waals surface area (Å²) < 4.78 is 11.2. The Labute approximate surface area is 194 Å². The summed E-state index contributed by atoms with van der Waals surface area (Å²) in [6.07, 6.45) is 3.10. The highest BCUT2D eigenvalue weighted by atomic mass is 16.3. The zero-order valence-corrected chi connectivity index (χ0v) is 18.2. The molecule has 1 unspecified atom stereocenters. The van der Waals surface area contributed by atoms with Gasteiger partial charge in [0.1, 0.15) is 17.3 Å². The Hall–Kier alpha value is -4.20. The van der Waals surface area contributed by atoms with Crippen LogP contribution in [-0.4, -0.2) is 33.6 Å². The van der Waals surface area contributed by atoms with Crippen LogP contribution in [0.2, 0.25) is 0 Å². The number of carbonyl (C=O) groups excluding carboxylic acids is 3. The van der Waals surface area contributed by atoms with Crippen molar-refractivity contribution in [3.8, 4) is 11.5 Å². The van der Waals surface area contributed by atoms with Crippen molar-refractivity contribution in [1.29, 1.82) is 0 Å². The fraction of sp³-hybridized carbons (Fsp3) is 0.231. The molecule has 2 fully saturated rings. The lowest BCUT2D eigenvalue weighted by Gasteiger charge is -2.27. The van der Waals surface area contributed by atoms with Gasteiger partial charge in [-0.2, -0.15) is 0 Å². The van der Waals surface area contributed by atoms with Gasteiger partial charge in [0.15, 0.2) is 5.58 Å². The van der Waals surface area contributed by atoms with E-state index in [1.807, 2.05) is 24.3 Å². The molecule has 1 aliphatic carbocycles. The lowest BCUT2D eigenvalue weighted by atomic mass is 10.1. The zero-order chi connectivity index (χ0) is 23.2. The molecule has 3 amide bonds. The number of aromatic nitrogens is 1. The summed E-state index contributed by atoms with van der Waals surface area (Å²) in [6.45, 7) is 0.163. The minimum Gasteiger partial charge on any atom is -0.467 e. The lowest BCUT2D eigenvalue weighted by Crippen LogP contribution is -2.45. The molecule has 2 aromatic carbocycles. The van der Waals surface area contributed by atoms with Crippen molar-refractivity contribution in [2.24, 2.45) is 5.92 Å². The molecule has 1 aliphatic heterocycles. The maximum atomic E-state index is 13.4. The number of imide groups is 1. The molecule has 0 spiro atoms. The van der Waals surface area contributed by atoms with Crippen molar-refractivity contribution in [3.63, 3.8) is 0 Å². The topological polar surface area (TPSA) is 96.9 Å². The molecule has 2 aromatic heterocycles. The van der Waals surface area contributed by atoms with Crippen molar-refractivity contribution < 1.29 is 23.2 Å². The van der Waals surface area contributed by atoms with Crippen LogP contribution in [-0.2, 0) is 20.9 Å². The Bertz CT molecular complexity index is 1350. The zero-order valence-electron chi connectivity index (χ0n) is 18.2. The van der Waals surface area contributed by atoms with Crippen LogP contribution in [0.5, 0.6) is 0 Å². The maximum absolute atomic E-state index is 13.4.